The van der Waals surface area contributed by atoms with Crippen LogP contribution in [0.15, 0.2) is 24.3 Å². The molecule has 58 heavy (non-hydrogen) atoms. The van der Waals surface area contributed by atoms with Gasteiger partial charge in [-0.15, -0.1) is 0 Å². The van der Waals surface area contributed by atoms with Gasteiger partial charge in [0.15, 0.2) is 0 Å². The summed E-state index contributed by atoms with van der Waals surface area (Å²) in [5.41, 5.74) is 0. The Hall–Kier alpha value is -1.02. The summed E-state index contributed by atoms with van der Waals surface area (Å²) in [5, 5.41) is 13.9. The van der Waals surface area contributed by atoms with Gasteiger partial charge in [-0.1, -0.05) is 212 Å². The lowest BCUT2D eigenvalue weighted by Gasteiger charge is -2.30. The highest BCUT2D eigenvalue weighted by atomic mass is 31.2. The van der Waals surface area contributed by atoms with Crippen molar-refractivity contribution >= 4 is 13.7 Å². The van der Waals surface area contributed by atoms with Gasteiger partial charge in [0.05, 0.1) is 39.9 Å². The Morgan fingerprint density at radius 2 is 0.983 bits per heavy atom. The van der Waals surface area contributed by atoms with Gasteiger partial charge in [-0.2, -0.15) is 0 Å². The van der Waals surface area contributed by atoms with E-state index in [1.54, 1.807) is 0 Å². The normalized spacial score (nSPS) is 14.4. The summed E-state index contributed by atoms with van der Waals surface area (Å²) in [6.45, 7) is 4.70. The quantitative estimate of drug-likeness (QED) is 0.0274. The van der Waals surface area contributed by atoms with Crippen LogP contribution in [0.3, 0.4) is 0 Å². The number of hydrogen-bond donors (Lipinski definition) is 2. The number of quaternary nitrogens is 1. The van der Waals surface area contributed by atoms with Gasteiger partial charge in [0.25, 0.3) is 7.82 Å². The van der Waals surface area contributed by atoms with Crippen LogP contribution in [-0.2, 0) is 18.4 Å². The highest BCUT2D eigenvalue weighted by molar-refractivity contribution is 7.45. The van der Waals surface area contributed by atoms with E-state index < -0.39 is 20.0 Å². The Morgan fingerprint density at radius 3 is 1.43 bits per heavy atom. The molecule has 0 heterocycles. The molecule has 3 atom stereocenters. The van der Waals surface area contributed by atoms with E-state index in [4.69, 9.17) is 9.05 Å². The molecule has 0 bridgehead atoms. The minimum Gasteiger partial charge on any atom is -0.756 e. The molecule has 0 aliphatic carbocycles. The van der Waals surface area contributed by atoms with Crippen molar-refractivity contribution in [3.05, 3.63) is 24.3 Å². The van der Waals surface area contributed by atoms with Crippen molar-refractivity contribution in [2.24, 2.45) is 0 Å². The van der Waals surface area contributed by atoms with Gasteiger partial charge >= 0.3 is 0 Å². The molecular weight excluding hydrogens is 744 g/mol. The van der Waals surface area contributed by atoms with Crippen molar-refractivity contribution in [3.63, 3.8) is 0 Å². The molecule has 0 fully saturated rings. The van der Waals surface area contributed by atoms with Crippen LogP contribution in [0.4, 0.5) is 0 Å². The number of allylic oxidation sites excluding steroid dienone is 4. The van der Waals surface area contributed by atoms with Crippen LogP contribution in [0.2, 0.25) is 0 Å². The van der Waals surface area contributed by atoms with Crippen molar-refractivity contribution < 1.29 is 32.9 Å². The lowest BCUT2D eigenvalue weighted by atomic mass is 10.0. The van der Waals surface area contributed by atoms with Gasteiger partial charge < -0.3 is 28.8 Å². The van der Waals surface area contributed by atoms with E-state index in [9.17, 15) is 19.4 Å². The van der Waals surface area contributed by atoms with Gasteiger partial charge in [-0.25, -0.2) is 0 Å². The fraction of sp³-hybridized carbons (Fsp3) is 0.898. The van der Waals surface area contributed by atoms with Gasteiger partial charge in [-0.05, 0) is 38.5 Å². The maximum Gasteiger partial charge on any atom is 0.268 e. The maximum absolute atomic E-state index is 12.9. The molecule has 344 valence electrons. The van der Waals surface area contributed by atoms with Crippen LogP contribution in [-0.4, -0.2) is 68.5 Å². The highest BCUT2D eigenvalue weighted by Crippen LogP contribution is 2.38. The number of nitrogens with one attached hydrogen (secondary N) is 1. The first-order valence-electron chi connectivity index (χ1n) is 24.7. The molecule has 0 radical (unpaired) electrons. The number of aliphatic hydroxyl groups excluding tert-OH is 1. The van der Waals surface area contributed by atoms with Gasteiger partial charge in [0.2, 0.25) is 5.91 Å². The summed E-state index contributed by atoms with van der Waals surface area (Å²) in [4.78, 5) is 25.4. The maximum atomic E-state index is 12.9. The van der Waals surface area contributed by atoms with E-state index in [0.717, 1.165) is 51.4 Å². The molecule has 2 N–H and O–H groups in total. The number of rotatable bonds is 45. The molecule has 0 rings (SSSR count). The number of amides is 1. The van der Waals surface area contributed by atoms with Crippen molar-refractivity contribution in [2.45, 2.75) is 244 Å². The number of phosphoric acid groups is 1. The van der Waals surface area contributed by atoms with E-state index in [1.807, 2.05) is 21.1 Å². The van der Waals surface area contributed by atoms with Crippen molar-refractivity contribution in [2.75, 3.05) is 40.9 Å². The number of likely N-dealkylation sites (N-methyl/N-ethyl adjacent to an activating group) is 1. The number of aliphatic hydroxyl groups is 1. The van der Waals surface area contributed by atoms with E-state index in [0.29, 0.717) is 23.9 Å². The van der Waals surface area contributed by atoms with Crippen molar-refractivity contribution in [1.29, 1.82) is 0 Å². The largest absolute Gasteiger partial charge is 0.756 e. The molecule has 0 aliphatic rings. The van der Waals surface area contributed by atoms with E-state index >= 15 is 0 Å². The Kier molecular flexibility index (Phi) is 40.6. The van der Waals surface area contributed by atoms with E-state index in [-0.39, 0.29) is 19.1 Å². The number of hydrogen-bond acceptors (Lipinski definition) is 6. The van der Waals surface area contributed by atoms with Crippen LogP contribution in [0.5, 0.6) is 0 Å². The minimum absolute atomic E-state index is 0.0105. The Morgan fingerprint density at radius 1 is 0.603 bits per heavy atom. The molecule has 3 unspecified atom stereocenters. The zero-order valence-electron chi connectivity index (χ0n) is 39.0. The molecule has 0 saturated carbocycles. The third-order valence-electron chi connectivity index (χ3n) is 11.2. The first-order valence-corrected chi connectivity index (χ1v) is 26.2. The van der Waals surface area contributed by atoms with Crippen LogP contribution < -0.4 is 10.2 Å². The first kappa shape index (κ1) is 57.0. The molecule has 0 aliphatic heterocycles. The monoisotopic (exact) mass is 841 g/mol. The van der Waals surface area contributed by atoms with Crippen molar-refractivity contribution in [3.8, 4) is 0 Å². The fourth-order valence-electron chi connectivity index (χ4n) is 7.27. The van der Waals surface area contributed by atoms with Gasteiger partial charge in [-0.3, -0.25) is 9.36 Å². The summed E-state index contributed by atoms with van der Waals surface area (Å²) in [6.07, 6.45) is 49.0. The van der Waals surface area contributed by atoms with Crippen LogP contribution >= 0.6 is 7.82 Å². The molecule has 1 amide bonds. The molecule has 0 aromatic heterocycles. The average Bonchev–Trinajstić information content (AvgIpc) is 3.17. The summed E-state index contributed by atoms with van der Waals surface area (Å²) in [5.74, 6) is -0.175. The zero-order chi connectivity index (χ0) is 42.8. The lowest BCUT2D eigenvalue weighted by Crippen LogP contribution is -2.46. The number of unbranched alkanes of at least 4 members (excludes halogenated alkanes) is 29. The van der Waals surface area contributed by atoms with Gasteiger partial charge in [0.1, 0.15) is 13.2 Å². The third kappa shape index (κ3) is 43.1. The van der Waals surface area contributed by atoms with Crippen molar-refractivity contribution in [1.82, 2.24) is 5.32 Å². The van der Waals surface area contributed by atoms with Crippen LogP contribution in [0.25, 0.3) is 0 Å². The summed E-state index contributed by atoms with van der Waals surface area (Å²) < 4.78 is 23.3. The number of phosphoric ester groups is 1. The summed E-state index contributed by atoms with van der Waals surface area (Å²) in [7, 11) is 1.30. The van der Waals surface area contributed by atoms with Crippen LogP contribution in [0, 0.1) is 0 Å². The van der Waals surface area contributed by atoms with Gasteiger partial charge in [0, 0.05) is 6.42 Å². The summed E-state index contributed by atoms with van der Waals surface area (Å²) >= 11 is 0. The van der Waals surface area contributed by atoms with Crippen LogP contribution in [0.1, 0.15) is 232 Å². The molecule has 0 saturated heterocycles. The SMILES string of the molecule is CCCCC/C=C\C=C/CCCCCCCCC(=O)NC(COP(=O)([O-])OCC[N+](C)(C)C)C(O)CCCCCCCCCCCCCCCCCCCCCCC. The Balaban J connectivity index is 4.27. The standard InChI is InChI=1S/C49H97N2O6P/c1-6-8-10-12-14-16-18-20-22-23-24-25-26-27-29-30-32-34-36-38-40-42-48(52)47(46-57-58(54,55)56-45-44-51(3,4)5)50-49(53)43-41-39-37-35-33-31-28-21-19-17-15-13-11-9-7-2/h15,17,19,21,47-48,52H,6-14,16,18,20,22-46H2,1-5H3,(H-,50,53,54,55)/b17-15-,21-19-. The second kappa shape index (κ2) is 41.3. The topological polar surface area (TPSA) is 108 Å². The van der Waals surface area contributed by atoms with E-state index in [1.165, 1.54) is 154 Å². The second-order valence-electron chi connectivity index (χ2n) is 18.2. The molecule has 9 heteroatoms. The minimum atomic E-state index is -4.57. The van der Waals surface area contributed by atoms with E-state index in [2.05, 4.69) is 43.5 Å². The Bertz CT molecular complexity index is 1000. The predicted molar refractivity (Wildman–Crippen MR) is 247 cm³/mol. The Labute approximate surface area is 360 Å². The smallest absolute Gasteiger partial charge is 0.268 e. The molecular formula is C49H97N2O6P. The molecule has 0 spiro atoms. The molecule has 0 aromatic rings. The third-order valence-corrected chi connectivity index (χ3v) is 12.2. The highest BCUT2D eigenvalue weighted by Gasteiger charge is 2.24. The molecule has 0 aromatic carbocycles. The molecule has 8 nitrogen and oxygen atoms in total. The number of carbonyl (C=O) groups excluding carboxylic acids is 1. The number of nitrogens with zero attached hydrogens (tertiary/aromatic N) is 1. The first-order chi connectivity index (χ1) is 28.0. The second-order valence-corrected chi connectivity index (χ2v) is 19.6. The lowest BCUT2D eigenvalue weighted by molar-refractivity contribution is -0.870. The average molecular weight is 841 g/mol. The fourth-order valence-corrected chi connectivity index (χ4v) is 7.99. The number of carbonyl (C=O) groups is 1. The zero-order valence-corrected chi connectivity index (χ0v) is 39.9. The summed E-state index contributed by atoms with van der Waals surface area (Å²) in [6, 6.07) is -0.805. The predicted octanol–water partition coefficient (Wildman–Crippen LogP) is 13.5.